The third-order valence-electron chi connectivity index (χ3n) is 2.18. The third-order valence-corrected chi connectivity index (χ3v) is 4.55. The van der Waals surface area contributed by atoms with Gasteiger partial charge in [-0.05, 0) is 28.9 Å². The molecule has 0 N–H and O–H groups in total. The van der Waals surface area contributed by atoms with Crippen molar-refractivity contribution in [3.63, 3.8) is 0 Å². The van der Waals surface area contributed by atoms with Crippen LogP contribution in [0.25, 0.3) is 10.1 Å². The highest BCUT2D eigenvalue weighted by atomic mass is 79.9. The second-order valence-corrected chi connectivity index (χ2v) is 6.35. The molecular weight excluding hydrogens is 340 g/mol. The second-order valence-electron chi connectivity index (χ2n) is 3.25. The van der Waals surface area contributed by atoms with Crippen molar-refractivity contribution in [2.75, 3.05) is 0 Å². The van der Waals surface area contributed by atoms with Crippen molar-refractivity contribution >= 4 is 59.1 Å². The van der Waals surface area contributed by atoms with E-state index in [0.717, 1.165) is 20.1 Å². The van der Waals surface area contributed by atoms with Crippen LogP contribution in [-0.2, 0) is 0 Å². The summed E-state index contributed by atoms with van der Waals surface area (Å²) in [5.41, 5.74) is 0.806. The number of carbonyl (C=O) groups is 1. The third kappa shape index (κ3) is 2.03. The molecule has 1 nitrogen and oxygen atoms in total. The largest absolute Gasteiger partial charge is 0.293 e. The number of alkyl halides is 1. The van der Waals surface area contributed by atoms with Crippen LogP contribution in [0.5, 0.6) is 0 Å². The van der Waals surface area contributed by atoms with Crippen LogP contribution in [-0.4, -0.2) is 10.6 Å². The SMILES string of the molecule is CC(Br)C(=O)c1csc2c(Br)cccc12. The first-order valence-electron chi connectivity index (χ1n) is 4.45. The fourth-order valence-electron chi connectivity index (χ4n) is 1.43. The van der Waals surface area contributed by atoms with Gasteiger partial charge in [-0.25, -0.2) is 0 Å². The predicted molar refractivity (Wildman–Crippen MR) is 72.2 cm³/mol. The van der Waals surface area contributed by atoms with Crippen molar-refractivity contribution in [1.29, 1.82) is 0 Å². The second kappa shape index (κ2) is 4.36. The lowest BCUT2D eigenvalue weighted by molar-refractivity contribution is 0.0998. The molecule has 0 radical (unpaired) electrons. The molecule has 1 unspecified atom stereocenters. The van der Waals surface area contributed by atoms with Gasteiger partial charge in [-0.15, -0.1) is 11.3 Å². The normalized spacial score (nSPS) is 13.0. The molecule has 0 spiro atoms. The number of halogens is 2. The minimum Gasteiger partial charge on any atom is -0.293 e. The van der Waals surface area contributed by atoms with E-state index in [1.807, 2.05) is 30.5 Å². The summed E-state index contributed by atoms with van der Waals surface area (Å²) >= 11 is 8.39. The van der Waals surface area contributed by atoms with Crippen LogP contribution in [0.1, 0.15) is 17.3 Å². The molecule has 0 aliphatic rings. The van der Waals surface area contributed by atoms with Crippen LogP contribution in [0.4, 0.5) is 0 Å². The minimum atomic E-state index is -0.130. The smallest absolute Gasteiger partial charge is 0.177 e. The number of rotatable bonds is 2. The van der Waals surface area contributed by atoms with Gasteiger partial charge in [-0.2, -0.15) is 0 Å². The number of thiophene rings is 1. The highest BCUT2D eigenvalue weighted by Crippen LogP contribution is 2.33. The zero-order chi connectivity index (χ0) is 11.0. The molecule has 0 aliphatic heterocycles. The van der Waals surface area contributed by atoms with Gasteiger partial charge in [0.15, 0.2) is 5.78 Å². The van der Waals surface area contributed by atoms with Gasteiger partial charge in [-0.1, -0.05) is 28.1 Å². The van der Waals surface area contributed by atoms with E-state index < -0.39 is 0 Å². The summed E-state index contributed by atoms with van der Waals surface area (Å²) in [6.45, 7) is 1.85. The number of fused-ring (bicyclic) bond motifs is 1. The summed E-state index contributed by atoms with van der Waals surface area (Å²) in [6, 6.07) is 5.93. The highest BCUT2D eigenvalue weighted by molar-refractivity contribution is 9.10. The maximum atomic E-state index is 11.9. The molecule has 2 rings (SSSR count). The molecule has 0 bridgehead atoms. The first-order chi connectivity index (χ1) is 7.11. The molecule has 15 heavy (non-hydrogen) atoms. The molecule has 0 fully saturated rings. The van der Waals surface area contributed by atoms with E-state index in [9.17, 15) is 4.79 Å². The molecule has 0 amide bonds. The van der Waals surface area contributed by atoms with E-state index in [1.165, 1.54) is 0 Å². The topological polar surface area (TPSA) is 17.1 Å². The maximum Gasteiger partial charge on any atom is 0.177 e. The number of carbonyl (C=O) groups excluding carboxylic acids is 1. The predicted octanol–water partition coefficient (Wildman–Crippen LogP) is 4.63. The summed E-state index contributed by atoms with van der Waals surface area (Å²) in [5.74, 6) is 0.138. The molecular formula is C11H8Br2OS. The van der Waals surface area contributed by atoms with Crippen LogP contribution in [0, 0.1) is 0 Å². The number of benzene rings is 1. The van der Waals surface area contributed by atoms with Gasteiger partial charge in [-0.3, -0.25) is 4.79 Å². The molecule has 0 aliphatic carbocycles. The van der Waals surface area contributed by atoms with E-state index in [1.54, 1.807) is 11.3 Å². The Kier molecular flexibility index (Phi) is 3.28. The Morgan fingerprint density at radius 3 is 2.87 bits per heavy atom. The summed E-state index contributed by atoms with van der Waals surface area (Å²) in [4.78, 5) is 11.7. The van der Waals surface area contributed by atoms with Crippen molar-refractivity contribution in [3.8, 4) is 0 Å². The zero-order valence-corrected chi connectivity index (χ0v) is 11.9. The van der Waals surface area contributed by atoms with Gasteiger partial charge >= 0.3 is 0 Å². The van der Waals surface area contributed by atoms with Gasteiger partial charge < -0.3 is 0 Å². The molecule has 4 heteroatoms. The Labute approximate surface area is 109 Å². The lowest BCUT2D eigenvalue weighted by Crippen LogP contribution is -2.08. The van der Waals surface area contributed by atoms with Crippen molar-refractivity contribution in [2.24, 2.45) is 0 Å². The fraction of sp³-hybridized carbons (Fsp3) is 0.182. The molecule has 2 aromatic rings. The van der Waals surface area contributed by atoms with E-state index in [-0.39, 0.29) is 10.6 Å². The number of hydrogen-bond acceptors (Lipinski definition) is 2. The van der Waals surface area contributed by atoms with E-state index >= 15 is 0 Å². The summed E-state index contributed by atoms with van der Waals surface area (Å²) < 4.78 is 2.18. The Hall–Kier alpha value is -0.190. The average molecular weight is 348 g/mol. The van der Waals surface area contributed by atoms with Crippen LogP contribution in [0.2, 0.25) is 0 Å². The Morgan fingerprint density at radius 1 is 1.47 bits per heavy atom. The van der Waals surface area contributed by atoms with Gasteiger partial charge in [0.05, 0.1) is 4.83 Å². The molecule has 0 saturated heterocycles. The molecule has 1 aromatic heterocycles. The Morgan fingerprint density at radius 2 is 2.20 bits per heavy atom. The number of Topliss-reactive ketones (excluding diaryl/α,β-unsaturated/α-hetero) is 1. The van der Waals surface area contributed by atoms with Gasteiger partial charge in [0, 0.05) is 25.5 Å². The van der Waals surface area contributed by atoms with E-state index in [2.05, 4.69) is 31.9 Å². The summed E-state index contributed by atoms with van der Waals surface area (Å²) in [7, 11) is 0. The standard InChI is InChI=1S/C11H8Br2OS/c1-6(12)10(14)8-5-15-11-7(8)3-2-4-9(11)13/h2-6H,1H3. The van der Waals surface area contributed by atoms with Crippen LogP contribution in [0.15, 0.2) is 28.1 Å². The van der Waals surface area contributed by atoms with Crippen LogP contribution < -0.4 is 0 Å². The molecule has 0 saturated carbocycles. The Bertz CT molecular complexity index is 516. The van der Waals surface area contributed by atoms with E-state index in [0.29, 0.717) is 0 Å². The van der Waals surface area contributed by atoms with E-state index in [4.69, 9.17) is 0 Å². The first kappa shape index (κ1) is 11.3. The zero-order valence-electron chi connectivity index (χ0n) is 7.96. The lowest BCUT2D eigenvalue weighted by Gasteiger charge is -2.01. The Balaban J connectivity index is 2.64. The first-order valence-corrected chi connectivity index (χ1v) is 7.04. The fourth-order valence-corrected chi connectivity index (χ4v) is 3.28. The molecule has 78 valence electrons. The molecule has 1 heterocycles. The van der Waals surface area contributed by atoms with Gasteiger partial charge in [0.1, 0.15) is 0 Å². The minimum absolute atomic E-state index is 0.130. The highest BCUT2D eigenvalue weighted by Gasteiger charge is 2.16. The summed E-state index contributed by atoms with van der Waals surface area (Å²) in [6.07, 6.45) is 0. The van der Waals surface area contributed by atoms with Gasteiger partial charge in [0.2, 0.25) is 0 Å². The lowest BCUT2D eigenvalue weighted by atomic mass is 10.1. The monoisotopic (exact) mass is 346 g/mol. The quantitative estimate of drug-likeness (QED) is 0.571. The van der Waals surface area contributed by atoms with Crippen molar-refractivity contribution in [1.82, 2.24) is 0 Å². The summed E-state index contributed by atoms with van der Waals surface area (Å²) in [5, 5.41) is 2.96. The number of ketones is 1. The number of hydrogen-bond donors (Lipinski definition) is 0. The molecule has 1 atom stereocenters. The average Bonchev–Trinajstić information content (AvgIpc) is 2.61. The van der Waals surface area contributed by atoms with Gasteiger partial charge in [0.25, 0.3) is 0 Å². The van der Waals surface area contributed by atoms with Crippen molar-refractivity contribution in [3.05, 3.63) is 33.6 Å². The maximum absolute atomic E-state index is 11.9. The van der Waals surface area contributed by atoms with Crippen molar-refractivity contribution < 1.29 is 4.79 Å². The van der Waals surface area contributed by atoms with Crippen LogP contribution >= 0.6 is 43.2 Å². The van der Waals surface area contributed by atoms with Crippen molar-refractivity contribution in [2.45, 2.75) is 11.8 Å². The van der Waals surface area contributed by atoms with Crippen LogP contribution in [0.3, 0.4) is 0 Å². The molecule has 1 aromatic carbocycles.